The van der Waals surface area contributed by atoms with Crippen molar-refractivity contribution >= 4 is 23.9 Å². The van der Waals surface area contributed by atoms with Gasteiger partial charge in [-0.1, -0.05) is 105 Å². The van der Waals surface area contributed by atoms with Gasteiger partial charge in [0, 0.05) is 0 Å². The molecule has 1 rings (SSSR count). The first-order chi connectivity index (χ1) is 24.0. The van der Waals surface area contributed by atoms with Gasteiger partial charge in [0.05, 0.1) is 46.7 Å². The minimum atomic E-state index is -0.749. The van der Waals surface area contributed by atoms with Crippen LogP contribution in [-0.2, 0) is 18.9 Å². The van der Waals surface area contributed by atoms with Gasteiger partial charge in [0.2, 0.25) is 0 Å². The highest BCUT2D eigenvalue weighted by Crippen LogP contribution is 2.25. The molecule has 0 spiro atoms. The van der Waals surface area contributed by atoms with Crippen LogP contribution in [0.4, 0.5) is 0 Å². The summed E-state index contributed by atoms with van der Waals surface area (Å²) in [5.41, 5.74) is -0.499. The Balaban J connectivity index is 3.54. The van der Waals surface area contributed by atoms with Crippen molar-refractivity contribution in [1.82, 2.24) is 0 Å². The Morgan fingerprint density at radius 3 is 0.760 bits per heavy atom. The van der Waals surface area contributed by atoms with Gasteiger partial charge >= 0.3 is 23.9 Å². The lowest BCUT2D eigenvalue weighted by Crippen LogP contribution is -2.25. The third kappa shape index (κ3) is 18.4. The standard InChI is InChI=1S/C42H70O8/c1-9-13-17-21-25-31(5)47-39(43)35-29-37(41(45)49-33(7)27-23-19-15-11-3)38(42(46)50-34(8)28-24-20-16-12-4)30-36(35)40(44)48-32(6)26-22-18-14-10-2/h29-34H,9-28H2,1-8H3/t31-,32-,33-,34-/m1/s1. The number of carbonyl (C=O) groups is 4. The summed E-state index contributed by atoms with van der Waals surface area (Å²) in [7, 11) is 0. The lowest BCUT2D eigenvalue weighted by molar-refractivity contribution is 0.0254. The van der Waals surface area contributed by atoms with E-state index in [1.807, 2.05) is 27.7 Å². The van der Waals surface area contributed by atoms with Crippen LogP contribution in [0.1, 0.15) is 225 Å². The molecule has 0 aliphatic rings. The maximum atomic E-state index is 13.7. The third-order valence-electron chi connectivity index (χ3n) is 9.13. The van der Waals surface area contributed by atoms with E-state index in [2.05, 4.69) is 27.7 Å². The fourth-order valence-corrected chi connectivity index (χ4v) is 5.93. The minimum Gasteiger partial charge on any atom is -0.459 e. The molecule has 286 valence electrons. The van der Waals surface area contributed by atoms with E-state index in [1.165, 1.54) is 12.1 Å². The fraction of sp³-hybridized carbons (Fsp3) is 0.762. The normalized spacial score (nSPS) is 13.6. The maximum absolute atomic E-state index is 13.7. The van der Waals surface area contributed by atoms with Crippen LogP contribution in [0.15, 0.2) is 12.1 Å². The van der Waals surface area contributed by atoms with Gasteiger partial charge < -0.3 is 18.9 Å². The Bertz CT molecular complexity index is 959. The Labute approximate surface area is 304 Å². The van der Waals surface area contributed by atoms with Crippen molar-refractivity contribution in [2.45, 2.75) is 208 Å². The first kappa shape index (κ1) is 45.1. The smallest absolute Gasteiger partial charge is 0.339 e. The number of ether oxygens (including phenoxy) is 4. The summed E-state index contributed by atoms with van der Waals surface area (Å²) in [6.07, 6.45) is 17.6. The molecule has 1 aromatic rings. The summed E-state index contributed by atoms with van der Waals surface area (Å²) in [4.78, 5) is 54.9. The Kier molecular flexibility index (Phi) is 24.2. The molecule has 50 heavy (non-hydrogen) atoms. The van der Waals surface area contributed by atoms with Gasteiger partial charge in [-0.2, -0.15) is 0 Å². The predicted octanol–water partition coefficient (Wildman–Crippen LogP) is 11.7. The first-order valence-corrected chi connectivity index (χ1v) is 20.0. The number of hydrogen-bond donors (Lipinski definition) is 0. The first-order valence-electron chi connectivity index (χ1n) is 20.0. The van der Waals surface area contributed by atoms with E-state index in [9.17, 15) is 19.2 Å². The van der Waals surface area contributed by atoms with Crippen molar-refractivity contribution in [3.63, 3.8) is 0 Å². The lowest BCUT2D eigenvalue weighted by Gasteiger charge is -2.20. The highest BCUT2D eigenvalue weighted by molar-refractivity contribution is 6.10. The predicted molar refractivity (Wildman–Crippen MR) is 201 cm³/mol. The highest BCUT2D eigenvalue weighted by atomic mass is 16.6. The van der Waals surface area contributed by atoms with E-state index in [0.29, 0.717) is 25.7 Å². The molecule has 0 aromatic heterocycles. The molecule has 0 bridgehead atoms. The van der Waals surface area contributed by atoms with E-state index in [1.54, 1.807) is 0 Å². The van der Waals surface area contributed by atoms with Gasteiger partial charge in [-0.3, -0.25) is 0 Å². The van der Waals surface area contributed by atoms with Crippen molar-refractivity contribution in [2.75, 3.05) is 0 Å². The zero-order chi connectivity index (χ0) is 37.3. The average molecular weight is 703 g/mol. The van der Waals surface area contributed by atoms with Crippen molar-refractivity contribution < 1.29 is 38.1 Å². The maximum Gasteiger partial charge on any atom is 0.339 e. The molecule has 0 aliphatic heterocycles. The second-order valence-electron chi connectivity index (χ2n) is 14.2. The number of benzene rings is 1. The van der Waals surface area contributed by atoms with Gasteiger partial charge in [0.25, 0.3) is 0 Å². The molecule has 0 unspecified atom stereocenters. The van der Waals surface area contributed by atoms with Crippen LogP contribution < -0.4 is 0 Å². The molecule has 0 N–H and O–H groups in total. The van der Waals surface area contributed by atoms with E-state index in [4.69, 9.17) is 18.9 Å². The SMILES string of the molecule is CCCCCC[C@@H](C)OC(=O)c1cc(C(=O)O[C@H](C)CCCCCC)c(C(=O)O[C@H](C)CCCCCC)cc1C(=O)O[C@H](C)CCCCCC. The molecular weight excluding hydrogens is 632 g/mol. The topological polar surface area (TPSA) is 105 Å². The molecular formula is C42H70O8. The molecule has 4 atom stereocenters. The number of carbonyl (C=O) groups excluding carboxylic acids is 4. The van der Waals surface area contributed by atoms with Gasteiger partial charge in [0.1, 0.15) is 0 Å². The van der Waals surface area contributed by atoms with Gasteiger partial charge in [0.15, 0.2) is 0 Å². The molecule has 0 amide bonds. The average Bonchev–Trinajstić information content (AvgIpc) is 3.08. The number of rotatable bonds is 28. The van der Waals surface area contributed by atoms with Crippen molar-refractivity contribution in [3.8, 4) is 0 Å². The van der Waals surface area contributed by atoms with Crippen molar-refractivity contribution in [1.29, 1.82) is 0 Å². The van der Waals surface area contributed by atoms with E-state index in [0.717, 1.165) is 103 Å². The largest absolute Gasteiger partial charge is 0.459 e. The molecule has 1 aromatic carbocycles. The van der Waals surface area contributed by atoms with Crippen LogP contribution >= 0.6 is 0 Å². The van der Waals surface area contributed by atoms with Crippen LogP contribution in [0.5, 0.6) is 0 Å². The molecule has 8 nitrogen and oxygen atoms in total. The van der Waals surface area contributed by atoms with Crippen LogP contribution in [0.3, 0.4) is 0 Å². The molecule has 8 heteroatoms. The zero-order valence-electron chi connectivity index (χ0n) is 32.9. The summed E-state index contributed by atoms with van der Waals surface area (Å²) in [6.45, 7) is 15.8. The van der Waals surface area contributed by atoms with Crippen LogP contribution in [-0.4, -0.2) is 48.3 Å². The minimum absolute atomic E-state index is 0.125. The summed E-state index contributed by atoms with van der Waals surface area (Å²) in [5, 5.41) is 0. The number of hydrogen-bond acceptors (Lipinski definition) is 8. The summed E-state index contributed by atoms with van der Waals surface area (Å²) in [5.74, 6) is -2.99. The zero-order valence-corrected chi connectivity index (χ0v) is 32.9. The Morgan fingerprint density at radius 1 is 0.380 bits per heavy atom. The Hall–Kier alpha value is -2.90. The molecule has 0 saturated heterocycles. The quantitative estimate of drug-likeness (QED) is 0.0482. The molecule has 0 radical (unpaired) electrons. The lowest BCUT2D eigenvalue weighted by atomic mass is 9.97. The molecule has 0 saturated carbocycles. The van der Waals surface area contributed by atoms with E-state index in [-0.39, 0.29) is 22.3 Å². The number of unbranched alkanes of at least 4 members (excludes halogenated alkanes) is 12. The third-order valence-corrected chi connectivity index (χ3v) is 9.13. The molecule has 0 fully saturated rings. The fourth-order valence-electron chi connectivity index (χ4n) is 5.93. The summed E-state index contributed by atoms with van der Waals surface area (Å²) in [6, 6.07) is 2.53. The van der Waals surface area contributed by atoms with Crippen molar-refractivity contribution in [2.24, 2.45) is 0 Å². The Morgan fingerprint density at radius 2 is 0.580 bits per heavy atom. The van der Waals surface area contributed by atoms with Crippen LogP contribution in [0, 0.1) is 0 Å². The second kappa shape index (κ2) is 26.8. The van der Waals surface area contributed by atoms with Crippen molar-refractivity contribution in [3.05, 3.63) is 34.4 Å². The number of esters is 4. The van der Waals surface area contributed by atoms with E-state index >= 15 is 0 Å². The van der Waals surface area contributed by atoms with E-state index < -0.39 is 48.3 Å². The van der Waals surface area contributed by atoms with Crippen LogP contribution in [0.25, 0.3) is 0 Å². The highest BCUT2D eigenvalue weighted by Gasteiger charge is 2.31. The summed E-state index contributed by atoms with van der Waals surface area (Å²) >= 11 is 0. The van der Waals surface area contributed by atoms with Gasteiger partial charge in [-0.05, 0) is 91.2 Å². The molecule has 0 heterocycles. The summed E-state index contributed by atoms with van der Waals surface area (Å²) < 4.78 is 23.2. The van der Waals surface area contributed by atoms with Crippen LogP contribution in [0.2, 0.25) is 0 Å². The molecule has 0 aliphatic carbocycles. The van der Waals surface area contributed by atoms with Gasteiger partial charge in [-0.25, -0.2) is 19.2 Å². The second-order valence-corrected chi connectivity index (χ2v) is 14.2. The monoisotopic (exact) mass is 703 g/mol. The van der Waals surface area contributed by atoms with Gasteiger partial charge in [-0.15, -0.1) is 0 Å².